The monoisotopic (exact) mass is 502 g/mol. The lowest BCUT2D eigenvalue weighted by Crippen LogP contribution is -2.77. The van der Waals surface area contributed by atoms with Gasteiger partial charge in [0.2, 0.25) is 11.7 Å². The molecule has 3 aliphatic rings. The number of hydrogen-bond donors (Lipinski definition) is 5. The van der Waals surface area contributed by atoms with E-state index in [0.29, 0.717) is 5.56 Å². The number of phenols is 1. The van der Waals surface area contributed by atoms with Crippen LogP contribution in [0.4, 0.5) is 0 Å². The van der Waals surface area contributed by atoms with Crippen LogP contribution in [0.5, 0.6) is 5.75 Å². The number of ketones is 2. The second-order valence-electron chi connectivity index (χ2n) is 9.94. The Morgan fingerprint density at radius 1 is 1.19 bits per heavy atom. The van der Waals surface area contributed by atoms with Gasteiger partial charge in [0.25, 0.3) is 0 Å². The van der Waals surface area contributed by atoms with Crippen molar-refractivity contribution in [2.45, 2.75) is 50.0 Å². The molecule has 2 fully saturated rings. The van der Waals surface area contributed by atoms with Gasteiger partial charge in [0.05, 0.1) is 17.6 Å². The zero-order valence-electron chi connectivity index (χ0n) is 20.3. The molecule has 11 heteroatoms. The summed E-state index contributed by atoms with van der Waals surface area (Å²) in [5, 5.41) is 44.6. The van der Waals surface area contributed by atoms with Crippen molar-refractivity contribution in [1.82, 2.24) is 4.90 Å². The summed E-state index contributed by atoms with van der Waals surface area (Å²) in [4.78, 5) is 53.7. The Bertz CT molecular complexity index is 1190. The molecule has 36 heavy (non-hydrogen) atoms. The average Bonchev–Trinajstić information content (AvgIpc) is 2.80. The van der Waals surface area contributed by atoms with E-state index in [1.165, 1.54) is 25.1 Å². The van der Waals surface area contributed by atoms with Crippen LogP contribution >= 0.6 is 0 Å². The molecule has 0 radical (unpaired) electrons. The number of fused-ring (bicyclic) bond motifs is 3. The van der Waals surface area contributed by atoms with Crippen molar-refractivity contribution in [3.8, 4) is 5.75 Å². The van der Waals surface area contributed by atoms with Crippen LogP contribution in [0.1, 0.15) is 37.3 Å². The molecular formula is C25H30N2O9. The number of aliphatic hydroxyl groups excluding tert-OH is 2. The smallest absolute Gasteiger partial charge is 0.305 e. The number of hydrogen-bond acceptors (Lipinski definition) is 10. The number of phenolic OH excluding ortho intramolecular Hbond substituents is 1. The van der Waals surface area contributed by atoms with E-state index in [1.807, 2.05) is 0 Å². The fraction of sp³-hybridized carbons (Fsp3) is 0.520. The lowest BCUT2D eigenvalue weighted by Gasteiger charge is -2.57. The van der Waals surface area contributed by atoms with Crippen molar-refractivity contribution in [2.75, 3.05) is 14.1 Å². The van der Waals surface area contributed by atoms with Crippen LogP contribution in [0.15, 0.2) is 23.8 Å². The number of rotatable bonds is 4. The third-order valence-electron chi connectivity index (χ3n) is 7.89. The molecule has 0 bridgehead atoms. The van der Waals surface area contributed by atoms with E-state index in [4.69, 9.17) is 10.5 Å². The molecule has 1 aromatic carbocycles. The predicted molar refractivity (Wildman–Crippen MR) is 124 cm³/mol. The molecule has 0 aliphatic heterocycles. The van der Waals surface area contributed by atoms with Crippen LogP contribution in [-0.4, -0.2) is 86.7 Å². The normalized spacial score (nSPS) is 35.7. The Balaban J connectivity index is 2.06. The van der Waals surface area contributed by atoms with Gasteiger partial charge in [0, 0.05) is 24.0 Å². The molecule has 1 amide bonds. The van der Waals surface area contributed by atoms with Crippen LogP contribution in [0.3, 0.4) is 0 Å². The quantitative estimate of drug-likeness (QED) is 0.268. The third-order valence-corrected chi connectivity index (χ3v) is 7.89. The minimum atomic E-state index is -2.95. The molecular weight excluding hydrogens is 472 g/mol. The number of aromatic hydroxyl groups is 1. The fourth-order valence-corrected chi connectivity index (χ4v) is 6.28. The number of esters is 1. The maximum Gasteiger partial charge on any atom is 0.305 e. The van der Waals surface area contributed by atoms with Gasteiger partial charge in [0.15, 0.2) is 11.4 Å². The first-order valence-electron chi connectivity index (χ1n) is 11.7. The summed E-state index contributed by atoms with van der Waals surface area (Å²) in [6, 6.07) is 3.31. The number of carbonyl (C=O) groups excluding carboxylic acids is 4. The van der Waals surface area contributed by atoms with Crippen LogP contribution in [0.2, 0.25) is 0 Å². The molecule has 0 saturated heterocycles. The number of amides is 1. The molecule has 6 N–H and O–H groups in total. The number of benzene rings is 1. The summed E-state index contributed by atoms with van der Waals surface area (Å²) >= 11 is 0. The largest absolute Gasteiger partial charge is 0.507 e. The Morgan fingerprint density at radius 2 is 1.83 bits per heavy atom. The van der Waals surface area contributed by atoms with E-state index in [1.54, 1.807) is 26.0 Å². The highest BCUT2D eigenvalue weighted by Gasteiger charge is 2.72. The van der Waals surface area contributed by atoms with Crippen molar-refractivity contribution < 1.29 is 44.3 Å². The maximum absolute atomic E-state index is 14.0. The van der Waals surface area contributed by atoms with Crippen molar-refractivity contribution >= 4 is 29.2 Å². The van der Waals surface area contributed by atoms with Crippen LogP contribution < -0.4 is 5.73 Å². The number of nitrogens with zero attached hydrogens (tertiary/aromatic N) is 1. The predicted octanol–water partition coefficient (Wildman–Crippen LogP) is -0.378. The second-order valence-corrected chi connectivity index (χ2v) is 9.94. The first-order chi connectivity index (χ1) is 16.8. The zero-order valence-corrected chi connectivity index (χ0v) is 20.3. The topological polar surface area (TPSA) is 188 Å². The molecule has 1 aromatic rings. The van der Waals surface area contributed by atoms with Gasteiger partial charge in [-0.15, -0.1) is 0 Å². The lowest BCUT2D eigenvalue weighted by atomic mass is 9.51. The molecule has 0 heterocycles. The summed E-state index contributed by atoms with van der Waals surface area (Å²) < 4.78 is 5.76. The average molecular weight is 503 g/mol. The van der Waals surface area contributed by atoms with E-state index >= 15 is 0 Å². The van der Waals surface area contributed by atoms with E-state index < -0.39 is 82.3 Å². The van der Waals surface area contributed by atoms with Crippen LogP contribution in [0, 0.1) is 17.8 Å². The Kier molecular flexibility index (Phi) is 6.22. The van der Waals surface area contributed by atoms with Gasteiger partial charge in [-0.1, -0.05) is 26.0 Å². The molecule has 3 aliphatic carbocycles. The van der Waals surface area contributed by atoms with E-state index in [9.17, 15) is 39.6 Å². The number of likely N-dealkylation sites (N-methyl/N-ethyl adjacent to an activating group) is 1. The van der Waals surface area contributed by atoms with Gasteiger partial charge < -0.3 is 35.8 Å². The van der Waals surface area contributed by atoms with Gasteiger partial charge in [0.1, 0.15) is 23.5 Å². The summed E-state index contributed by atoms with van der Waals surface area (Å²) in [6.45, 7) is 3.25. The standard InChI is InChI=1S/C25H30N2O9/c1-5-12(29)36-21-13-9(2)10-7-6-8-11(28)14(10)19(30)15(13)22(32)25(35)17(21)18(27(3)4)20(31)16(23(25)33)24(26)34/h6-9,13,16-18,20-21,28,30-31,35H,5H2,1-4H3,(H2,26,34)/t9-,13+,16?,17+,18-,20?,21-,25-/m0/s1. The van der Waals surface area contributed by atoms with Gasteiger partial charge in [-0.3, -0.25) is 19.2 Å². The third kappa shape index (κ3) is 3.30. The Morgan fingerprint density at radius 3 is 2.39 bits per heavy atom. The highest BCUT2D eigenvalue weighted by Crippen LogP contribution is 2.56. The maximum atomic E-state index is 14.0. The minimum Gasteiger partial charge on any atom is -0.507 e. The number of carbonyl (C=O) groups is 4. The SMILES string of the molecule is CCC(=O)O[C@H]1[C@H]2C(=C(O)c3c(O)cccc3[C@@H]2C)C(=O)[C@]2(O)C(=O)C(C(N)=O)C(O)[C@@H](N(C)C)[C@H]12. The van der Waals surface area contributed by atoms with E-state index in [-0.39, 0.29) is 17.7 Å². The van der Waals surface area contributed by atoms with E-state index in [2.05, 4.69) is 0 Å². The molecule has 0 spiro atoms. The number of nitrogens with two attached hydrogens (primary N) is 1. The first kappa shape index (κ1) is 25.8. The summed E-state index contributed by atoms with van der Waals surface area (Å²) in [5.41, 5.74) is 2.49. The highest BCUT2D eigenvalue weighted by molar-refractivity contribution is 6.25. The van der Waals surface area contributed by atoms with Crippen molar-refractivity contribution in [3.05, 3.63) is 34.9 Å². The first-order valence-corrected chi connectivity index (χ1v) is 11.7. The minimum absolute atomic E-state index is 0.0360. The molecule has 11 nitrogen and oxygen atoms in total. The Labute approximate surface area is 207 Å². The Hall–Kier alpha value is -3.28. The molecule has 8 atom stereocenters. The second kappa shape index (κ2) is 8.68. The number of primary amides is 1. The molecule has 194 valence electrons. The summed E-state index contributed by atoms with van der Waals surface area (Å²) in [5.74, 6) is -10.5. The summed E-state index contributed by atoms with van der Waals surface area (Å²) in [7, 11) is 3.04. The number of ether oxygens (including phenoxy) is 1. The van der Waals surface area contributed by atoms with Gasteiger partial charge in [-0.05, 0) is 31.6 Å². The fourth-order valence-electron chi connectivity index (χ4n) is 6.28. The van der Waals surface area contributed by atoms with E-state index in [0.717, 1.165) is 0 Å². The van der Waals surface area contributed by atoms with Crippen LogP contribution in [0.25, 0.3) is 5.76 Å². The van der Waals surface area contributed by atoms with Crippen molar-refractivity contribution in [2.24, 2.45) is 23.5 Å². The highest BCUT2D eigenvalue weighted by atomic mass is 16.5. The van der Waals surface area contributed by atoms with Crippen molar-refractivity contribution in [3.63, 3.8) is 0 Å². The molecule has 4 rings (SSSR count). The lowest BCUT2D eigenvalue weighted by molar-refractivity contribution is -0.206. The van der Waals surface area contributed by atoms with Gasteiger partial charge in [-0.2, -0.15) is 0 Å². The number of Topliss-reactive ketones (excluding diaryl/α,β-unsaturated/α-hetero) is 2. The van der Waals surface area contributed by atoms with Crippen molar-refractivity contribution in [1.29, 1.82) is 0 Å². The number of aliphatic hydroxyl groups is 3. The zero-order chi connectivity index (χ0) is 26.9. The molecule has 0 aromatic heterocycles. The van der Waals surface area contributed by atoms with Gasteiger partial charge >= 0.3 is 5.97 Å². The molecule has 2 unspecified atom stereocenters. The van der Waals surface area contributed by atoms with Gasteiger partial charge in [-0.25, -0.2) is 0 Å². The summed E-state index contributed by atoms with van der Waals surface area (Å²) in [6.07, 6.45) is -3.13. The molecule has 2 saturated carbocycles. The van der Waals surface area contributed by atoms with Crippen LogP contribution in [-0.2, 0) is 23.9 Å².